The summed E-state index contributed by atoms with van der Waals surface area (Å²) >= 11 is 0. The van der Waals surface area contributed by atoms with Gasteiger partial charge in [0.05, 0.1) is 12.0 Å². The number of amides is 1. The number of anilines is 1. The number of hydrogen-bond acceptors (Lipinski definition) is 4. The van der Waals surface area contributed by atoms with Gasteiger partial charge in [0.2, 0.25) is 5.91 Å². The van der Waals surface area contributed by atoms with E-state index in [0.29, 0.717) is 6.61 Å². The molecule has 1 aromatic heterocycles. The number of piperidine rings is 1. The molecule has 114 valence electrons. The van der Waals surface area contributed by atoms with Crippen molar-refractivity contribution in [3.63, 3.8) is 0 Å². The zero-order chi connectivity index (χ0) is 12.8. The molecule has 7 heteroatoms. The summed E-state index contributed by atoms with van der Waals surface area (Å²) in [6.07, 6.45) is 4.94. The van der Waals surface area contributed by atoms with Gasteiger partial charge in [-0.2, -0.15) is 0 Å². The highest BCUT2D eigenvalue weighted by atomic mass is 35.5. The summed E-state index contributed by atoms with van der Waals surface area (Å²) in [5.74, 6) is 0.0389. The first-order chi connectivity index (χ1) is 8.77. The molecule has 0 radical (unpaired) electrons. The van der Waals surface area contributed by atoms with Crippen molar-refractivity contribution in [2.75, 3.05) is 32.1 Å². The van der Waals surface area contributed by atoms with Gasteiger partial charge in [0, 0.05) is 25.2 Å². The molecule has 1 aliphatic rings. The van der Waals surface area contributed by atoms with Crippen LogP contribution < -0.4 is 10.6 Å². The topological polar surface area (TPSA) is 63.2 Å². The number of halogens is 2. The van der Waals surface area contributed by atoms with Gasteiger partial charge in [-0.25, -0.2) is 0 Å². The van der Waals surface area contributed by atoms with Crippen LogP contribution in [0.1, 0.15) is 12.8 Å². The van der Waals surface area contributed by atoms with Crippen LogP contribution in [0.15, 0.2) is 24.5 Å². The highest BCUT2D eigenvalue weighted by Gasteiger charge is 2.39. The van der Waals surface area contributed by atoms with Crippen molar-refractivity contribution >= 4 is 36.4 Å². The van der Waals surface area contributed by atoms with E-state index in [1.807, 2.05) is 0 Å². The molecule has 0 spiro atoms. The average molecular weight is 322 g/mol. The molecule has 0 bridgehead atoms. The van der Waals surface area contributed by atoms with E-state index in [-0.39, 0.29) is 30.7 Å². The first-order valence-electron chi connectivity index (χ1n) is 6.18. The Balaban J connectivity index is 0.00000180. The third-order valence-electron chi connectivity index (χ3n) is 3.40. The van der Waals surface area contributed by atoms with E-state index in [4.69, 9.17) is 4.74 Å². The van der Waals surface area contributed by atoms with Gasteiger partial charge in [-0.05, 0) is 38.1 Å². The predicted molar refractivity (Wildman–Crippen MR) is 83.8 cm³/mol. The molecular weight excluding hydrogens is 301 g/mol. The molecule has 0 atom stereocenters. The lowest BCUT2D eigenvalue weighted by atomic mass is 9.78. The molecule has 1 amide bonds. The maximum absolute atomic E-state index is 12.4. The molecule has 1 fully saturated rings. The Labute approximate surface area is 131 Å². The first-order valence-corrected chi connectivity index (χ1v) is 6.18. The molecule has 2 heterocycles. The van der Waals surface area contributed by atoms with Gasteiger partial charge in [-0.15, -0.1) is 24.8 Å². The molecule has 2 N–H and O–H groups in total. The normalized spacial score (nSPS) is 16.4. The molecular formula is C13H21Cl2N3O2. The number of pyridine rings is 1. The molecule has 1 aliphatic heterocycles. The van der Waals surface area contributed by atoms with Crippen molar-refractivity contribution in [2.24, 2.45) is 5.41 Å². The molecule has 1 saturated heterocycles. The summed E-state index contributed by atoms with van der Waals surface area (Å²) in [7, 11) is 1.64. The van der Waals surface area contributed by atoms with Crippen molar-refractivity contribution in [2.45, 2.75) is 12.8 Å². The number of nitrogens with one attached hydrogen (secondary N) is 2. The number of hydrogen-bond donors (Lipinski definition) is 2. The molecule has 0 aromatic carbocycles. The second kappa shape index (κ2) is 9.13. The van der Waals surface area contributed by atoms with Gasteiger partial charge < -0.3 is 15.4 Å². The second-order valence-electron chi connectivity index (χ2n) is 4.65. The lowest BCUT2D eigenvalue weighted by Gasteiger charge is -2.35. The van der Waals surface area contributed by atoms with Gasteiger partial charge >= 0.3 is 0 Å². The van der Waals surface area contributed by atoms with E-state index in [1.54, 1.807) is 31.6 Å². The van der Waals surface area contributed by atoms with Crippen molar-refractivity contribution in [3.05, 3.63) is 24.5 Å². The van der Waals surface area contributed by atoms with E-state index in [1.165, 1.54) is 0 Å². The number of carbonyl (C=O) groups is 1. The number of rotatable bonds is 4. The molecule has 0 aliphatic carbocycles. The summed E-state index contributed by atoms with van der Waals surface area (Å²) in [5.41, 5.74) is 0.368. The minimum Gasteiger partial charge on any atom is -0.384 e. The van der Waals surface area contributed by atoms with Crippen LogP contribution in [-0.2, 0) is 9.53 Å². The first kappa shape index (κ1) is 19.1. The third kappa shape index (κ3) is 4.59. The standard InChI is InChI=1S/C13H19N3O2.2ClH/c1-18-10-13(4-8-15-9-5-13)12(17)16-11-2-6-14-7-3-11;;/h2-3,6-7,15H,4-5,8-10H2,1H3,(H,14,16,17);2*1H. The van der Waals surface area contributed by atoms with Gasteiger partial charge in [0.15, 0.2) is 0 Å². The van der Waals surface area contributed by atoms with Crippen LogP contribution in [0.2, 0.25) is 0 Å². The second-order valence-corrected chi connectivity index (χ2v) is 4.65. The monoisotopic (exact) mass is 321 g/mol. The number of aromatic nitrogens is 1. The van der Waals surface area contributed by atoms with Crippen LogP contribution in [0.4, 0.5) is 5.69 Å². The fourth-order valence-electron chi connectivity index (χ4n) is 2.32. The van der Waals surface area contributed by atoms with Crippen molar-refractivity contribution < 1.29 is 9.53 Å². The fraction of sp³-hybridized carbons (Fsp3) is 0.538. The Morgan fingerprint density at radius 3 is 2.50 bits per heavy atom. The largest absolute Gasteiger partial charge is 0.384 e. The zero-order valence-electron chi connectivity index (χ0n) is 11.4. The molecule has 0 unspecified atom stereocenters. The van der Waals surface area contributed by atoms with Gasteiger partial charge in [0.25, 0.3) is 0 Å². The Morgan fingerprint density at radius 2 is 1.95 bits per heavy atom. The predicted octanol–water partition coefficient (Wildman–Crippen LogP) is 1.88. The lowest BCUT2D eigenvalue weighted by molar-refractivity contribution is -0.130. The van der Waals surface area contributed by atoms with E-state index in [9.17, 15) is 4.79 Å². The van der Waals surface area contributed by atoms with Crippen molar-refractivity contribution in [1.82, 2.24) is 10.3 Å². The number of nitrogens with zero attached hydrogens (tertiary/aromatic N) is 1. The van der Waals surface area contributed by atoms with Gasteiger partial charge in [-0.3, -0.25) is 9.78 Å². The highest BCUT2D eigenvalue weighted by molar-refractivity contribution is 5.95. The molecule has 1 aromatic rings. The Morgan fingerprint density at radius 1 is 1.35 bits per heavy atom. The fourth-order valence-corrected chi connectivity index (χ4v) is 2.32. The maximum Gasteiger partial charge on any atom is 0.233 e. The molecule has 20 heavy (non-hydrogen) atoms. The lowest BCUT2D eigenvalue weighted by Crippen LogP contribution is -2.47. The average Bonchev–Trinajstić information content (AvgIpc) is 2.41. The van der Waals surface area contributed by atoms with E-state index < -0.39 is 5.41 Å². The maximum atomic E-state index is 12.4. The smallest absolute Gasteiger partial charge is 0.233 e. The summed E-state index contributed by atoms with van der Waals surface area (Å²) in [6, 6.07) is 3.58. The number of methoxy groups -OCH3 is 1. The van der Waals surface area contributed by atoms with Crippen LogP contribution in [0.25, 0.3) is 0 Å². The molecule has 0 saturated carbocycles. The molecule has 2 rings (SSSR count). The molecule has 5 nitrogen and oxygen atoms in total. The minimum absolute atomic E-state index is 0. The van der Waals surface area contributed by atoms with E-state index in [0.717, 1.165) is 31.6 Å². The van der Waals surface area contributed by atoms with Crippen molar-refractivity contribution in [3.8, 4) is 0 Å². The Bertz CT molecular complexity index is 392. The minimum atomic E-state index is -0.413. The quantitative estimate of drug-likeness (QED) is 0.888. The van der Waals surface area contributed by atoms with Crippen LogP contribution in [0, 0.1) is 5.41 Å². The van der Waals surface area contributed by atoms with E-state index >= 15 is 0 Å². The van der Waals surface area contributed by atoms with Gasteiger partial charge in [-0.1, -0.05) is 0 Å². The Kier molecular flexibility index (Phi) is 8.73. The number of ether oxygens (including phenoxy) is 1. The third-order valence-corrected chi connectivity index (χ3v) is 3.40. The Hall–Kier alpha value is -0.880. The zero-order valence-corrected chi connectivity index (χ0v) is 13.1. The van der Waals surface area contributed by atoms with Crippen molar-refractivity contribution in [1.29, 1.82) is 0 Å². The summed E-state index contributed by atoms with van der Waals surface area (Å²) in [4.78, 5) is 16.4. The van der Waals surface area contributed by atoms with Crippen LogP contribution in [0.3, 0.4) is 0 Å². The SMILES string of the molecule is COCC1(C(=O)Nc2ccncc2)CCNCC1.Cl.Cl. The summed E-state index contributed by atoms with van der Waals surface area (Å²) < 4.78 is 5.24. The van der Waals surface area contributed by atoms with Crippen LogP contribution in [-0.4, -0.2) is 37.7 Å². The highest BCUT2D eigenvalue weighted by Crippen LogP contribution is 2.30. The van der Waals surface area contributed by atoms with Crippen LogP contribution in [0.5, 0.6) is 0 Å². The summed E-state index contributed by atoms with van der Waals surface area (Å²) in [6.45, 7) is 2.17. The van der Waals surface area contributed by atoms with E-state index in [2.05, 4.69) is 15.6 Å². The van der Waals surface area contributed by atoms with Crippen LogP contribution >= 0.6 is 24.8 Å². The number of carbonyl (C=O) groups excluding carboxylic acids is 1. The summed E-state index contributed by atoms with van der Waals surface area (Å²) in [5, 5.41) is 6.22. The van der Waals surface area contributed by atoms with Gasteiger partial charge in [0.1, 0.15) is 0 Å².